The van der Waals surface area contributed by atoms with E-state index < -0.39 is 6.04 Å². The van der Waals surface area contributed by atoms with E-state index in [-0.39, 0.29) is 36.6 Å². The van der Waals surface area contributed by atoms with Crippen molar-refractivity contribution in [2.24, 2.45) is 0 Å². The molecule has 0 bridgehead atoms. The lowest BCUT2D eigenvalue weighted by Gasteiger charge is -2.30. The van der Waals surface area contributed by atoms with Crippen molar-refractivity contribution >= 4 is 11.8 Å². The second kappa shape index (κ2) is 10.2. The van der Waals surface area contributed by atoms with Gasteiger partial charge in [0.1, 0.15) is 11.9 Å². The van der Waals surface area contributed by atoms with Crippen LogP contribution in [0.4, 0.5) is 4.39 Å². The second-order valence-electron chi connectivity index (χ2n) is 7.81. The van der Waals surface area contributed by atoms with Gasteiger partial charge in [-0.25, -0.2) is 4.39 Å². The molecule has 2 atom stereocenters. The first-order valence-electron chi connectivity index (χ1n) is 10.1. The number of amides is 2. The van der Waals surface area contributed by atoms with Crippen LogP contribution >= 0.6 is 0 Å². The van der Waals surface area contributed by atoms with Gasteiger partial charge in [0.2, 0.25) is 11.8 Å². The monoisotopic (exact) mass is 398 g/mol. The molecular formula is C24H31FN2O2. The molecule has 0 aliphatic heterocycles. The lowest BCUT2D eigenvalue weighted by Crippen LogP contribution is -2.49. The Labute approximate surface area is 173 Å². The molecule has 1 N–H and O–H groups in total. The van der Waals surface area contributed by atoms with E-state index in [1.165, 1.54) is 12.1 Å². The van der Waals surface area contributed by atoms with E-state index in [9.17, 15) is 14.0 Å². The van der Waals surface area contributed by atoms with Crippen LogP contribution in [0.3, 0.4) is 0 Å². The third-order valence-corrected chi connectivity index (χ3v) is 5.07. The molecule has 0 heterocycles. The summed E-state index contributed by atoms with van der Waals surface area (Å²) in [4.78, 5) is 27.4. The van der Waals surface area contributed by atoms with Crippen molar-refractivity contribution in [1.29, 1.82) is 0 Å². The van der Waals surface area contributed by atoms with Crippen LogP contribution in [0.2, 0.25) is 0 Å². The molecule has 2 aromatic rings. The van der Waals surface area contributed by atoms with E-state index >= 15 is 0 Å². The molecule has 0 aliphatic carbocycles. The molecular weight excluding hydrogens is 367 g/mol. The fraction of sp³-hybridized carbons (Fsp3) is 0.417. The van der Waals surface area contributed by atoms with Gasteiger partial charge >= 0.3 is 0 Å². The molecule has 156 valence electrons. The molecule has 29 heavy (non-hydrogen) atoms. The minimum absolute atomic E-state index is 0.0344. The van der Waals surface area contributed by atoms with Crippen molar-refractivity contribution in [2.75, 3.05) is 0 Å². The molecule has 0 aromatic heterocycles. The Balaban J connectivity index is 2.25. The Kier molecular flexibility index (Phi) is 7.94. The summed E-state index contributed by atoms with van der Waals surface area (Å²) >= 11 is 0. The van der Waals surface area contributed by atoms with E-state index in [1.54, 1.807) is 24.0 Å². The van der Waals surface area contributed by atoms with Crippen molar-refractivity contribution in [3.05, 3.63) is 70.5 Å². The number of rotatable bonds is 8. The Hall–Kier alpha value is -2.69. The quantitative estimate of drug-likeness (QED) is 0.720. The molecule has 2 unspecified atom stereocenters. The predicted molar refractivity (Wildman–Crippen MR) is 114 cm³/mol. The van der Waals surface area contributed by atoms with Gasteiger partial charge in [-0.1, -0.05) is 48.4 Å². The molecule has 0 saturated carbocycles. The van der Waals surface area contributed by atoms with Gasteiger partial charge in [0.25, 0.3) is 0 Å². The highest BCUT2D eigenvalue weighted by Gasteiger charge is 2.27. The van der Waals surface area contributed by atoms with Crippen molar-refractivity contribution in [3.8, 4) is 0 Å². The van der Waals surface area contributed by atoms with Crippen LogP contribution in [0, 0.1) is 19.7 Å². The summed E-state index contributed by atoms with van der Waals surface area (Å²) in [5, 5.41) is 2.95. The largest absolute Gasteiger partial charge is 0.352 e. The fourth-order valence-electron chi connectivity index (χ4n) is 3.28. The van der Waals surface area contributed by atoms with Gasteiger partial charge in [0.15, 0.2) is 0 Å². The van der Waals surface area contributed by atoms with Crippen molar-refractivity contribution < 1.29 is 14.0 Å². The van der Waals surface area contributed by atoms with Crippen LogP contribution in [0.5, 0.6) is 0 Å². The summed E-state index contributed by atoms with van der Waals surface area (Å²) in [7, 11) is 0. The summed E-state index contributed by atoms with van der Waals surface area (Å²) in [5.41, 5.74) is 3.90. The highest BCUT2D eigenvalue weighted by molar-refractivity contribution is 5.88. The smallest absolute Gasteiger partial charge is 0.242 e. The summed E-state index contributed by atoms with van der Waals surface area (Å²) < 4.78 is 13.3. The number of halogens is 1. The van der Waals surface area contributed by atoms with Gasteiger partial charge in [-0.05, 0) is 57.4 Å². The summed E-state index contributed by atoms with van der Waals surface area (Å²) in [6.07, 6.45) is 1.03. The van der Waals surface area contributed by atoms with E-state index in [2.05, 4.69) is 11.4 Å². The van der Waals surface area contributed by atoms with Crippen LogP contribution in [0.25, 0.3) is 0 Å². The number of hydrogen-bond acceptors (Lipinski definition) is 2. The zero-order valence-corrected chi connectivity index (χ0v) is 18.0. The predicted octanol–water partition coefficient (Wildman–Crippen LogP) is 4.32. The van der Waals surface area contributed by atoms with Crippen LogP contribution in [0.15, 0.2) is 42.5 Å². The molecule has 0 radical (unpaired) electrons. The van der Waals surface area contributed by atoms with Crippen molar-refractivity contribution in [3.63, 3.8) is 0 Å². The maximum atomic E-state index is 13.3. The molecule has 0 aliphatic rings. The zero-order chi connectivity index (χ0) is 21.6. The Bertz CT molecular complexity index is 828. The third-order valence-electron chi connectivity index (χ3n) is 5.07. The van der Waals surface area contributed by atoms with Crippen LogP contribution in [-0.4, -0.2) is 28.8 Å². The van der Waals surface area contributed by atoms with Gasteiger partial charge < -0.3 is 10.2 Å². The molecule has 5 heteroatoms. The molecule has 2 rings (SSSR count). The van der Waals surface area contributed by atoms with Crippen LogP contribution < -0.4 is 5.32 Å². The van der Waals surface area contributed by atoms with E-state index in [0.29, 0.717) is 0 Å². The van der Waals surface area contributed by atoms with Crippen LogP contribution in [-0.2, 0) is 22.6 Å². The Morgan fingerprint density at radius 3 is 2.14 bits per heavy atom. The summed E-state index contributed by atoms with van der Waals surface area (Å²) in [6, 6.07) is 11.5. The number of nitrogens with one attached hydrogen (secondary N) is 1. The maximum absolute atomic E-state index is 13.3. The summed E-state index contributed by atoms with van der Waals surface area (Å²) in [5.74, 6) is -0.647. The molecule has 0 fully saturated rings. The number of aryl methyl sites for hydroxylation is 2. The van der Waals surface area contributed by atoms with Gasteiger partial charge in [0.05, 0.1) is 6.42 Å². The van der Waals surface area contributed by atoms with E-state index in [0.717, 1.165) is 28.7 Å². The first-order valence-corrected chi connectivity index (χ1v) is 10.1. The zero-order valence-electron chi connectivity index (χ0n) is 18.0. The van der Waals surface area contributed by atoms with Gasteiger partial charge in [0, 0.05) is 12.6 Å². The molecule has 4 nitrogen and oxygen atoms in total. The van der Waals surface area contributed by atoms with Crippen molar-refractivity contribution in [1.82, 2.24) is 10.2 Å². The first-order chi connectivity index (χ1) is 13.7. The number of nitrogens with zero attached hydrogens (tertiary/aromatic N) is 1. The first kappa shape index (κ1) is 22.6. The molecule has 0 spiro atoms. The van der Waals surface area contributed by atoms with Crippen molar-refractivity contribution in [2.45, 2.75) is 66.1 Å². The molecule has 0 saturated heterocycles. The third kappa shape index (κ3) is 6.70. The highest BCUT2D eigenvalue weighted by atomic mass is 19.1. The summed E-state index contributed by atoms with van der Waals surface area (Å²) in [6.45, 7) is 9.92. The average Bonchev–Trinajstić information content (AvgIpc) is 2.65. The normalized spacial score (nSPS) is 12.9. The fourth-order valence-corrected chi connectivity index (χ4v) is 3.28. The Morgan fingerprint density at radius 1 is 1.00 bits per heavy atom. The van der Waals surface area contributed by atoms with Gasteiger partial charge in [-0.15, -0.1) is 0 Å². The molecule has 2 aromatic carbocycles. The van der Waals surface area contributed by atoms with E-state index in [4.69, 9.17) is 0 Å². The number of carbonyl (C=O) groups is 2. The minimum atomic E-state index is -0.632. The molecule has 2 amide bonds. The maximum Gasteiger partial charge on any atom is 0.242 e. The van der Waals surface area contributed by atoms with E-state index in [1.807, 2.05) is 39.8 Å². The number of hydrogen-bond donors (Lipinski definition) is 1. The standard InChI is InChI=1S/C24H31FN2O2/c1-6-18(4)26-24(29)19(5)27(15-20-7-9-22(25)10-8-20)23(28)14-21-12-16(2)11-17(3)13-21/h7-13,18-19H,6,14-15H2,1-5H3,(H,26,29). The van der Waals surface area contributed by atoms with Gasteiger partial charge in [-0.3, -0.25) is 9.59 Å². The number of carbonyl (C=O) groups excluding carboxylic acids is 2. The lowest BCUT2D eigenvalue weighted by molar-refractivity contribution is -0.140. The SMILES string of the molecule is CCC(C)NC(=O)C(C)N(Cc1ccc(F)cc1)C(=O)Cc1cc(C)cc(C)c1. The average molecular weight is 399 g/mol. The minimum Gasteiger partial charge on any atom is -0.352 e. The van der Waals surface area contributed by atoms with Gasteiger partial charge in [-0.2, -0.15) is 0 Å². The Morgan fingerprint density at radius 2 is 1.59 bits per heavy atom. The topological polar surface area (TPSA) is 49.4 Å². The van der Waals surface area contributed by atoms with Crippen LogP contribution in [0.1, 0.15) is 49.4 Å². The second-order valence-corrected chi connectivity index (χ2v) is 7.81. The number of benzene rings is 2. The lowest BCUT2D eigenvalue weighted by atomic mass is 10.0. The highest BCUT2D eigenvalue weighted by Crippen LogP contribution is 2.15.